The summed E-state index contributed by atoms with van der Waals surface area (Å²) in [7, 11) is -7.09. The molecule has 3 aromatic rings. The summed E-state index contributed by atoms with van der Waals surface area (Å²) in [5.41, 5.74) is 0.314. The average Bonchev–Trinajstić information content (AvgIpc) is 3.31. The fraction of sp³-hybridized carbons (Fsp3) is 0.0476. The van der Waals surface area contributed by atoms with Crippen molar-refractivity contribution in [3.8, 4) is 11.8 Å². The van der Waals surface area contributed by atoms with Gasteiger partial charge in [-0.05, 0) is 60.0 Å². The number of sulfone groups is 1. The summed E-state index contributed by atoms with van der Waals surface area (Å²) in [5, 5.41) is 11.3. The lowest BCUT2D eigenvalue weighted by Crippen LogP contribution is -2.08. The number of rotatable bonds is 6. The molecule has 0 aliphatic rings. The molecule has 1 heterocycles. The predicted octanol–water partition coefficient (Wildman–Crippen LogP) is 4.92. The molecule has 0 bridgehead atoms. The van der Waals surface area contributed by atoms with Gasteiger partial charge in [0.2, 0.25) is 9.84 Å². The van der Waals surface area contributed by atoms with Crippen molar-refractivity contribution in [1.29, 1.82) is 5.26 Å². The standard InChI is InChI=1S/C21H15ClN2O5S3/c1-31(26,24-14-19(13-23)32(27,28)20-3-2-12-30-20)18-10-8-17(9-11-18)29-21(25)15-4-6-16(22)7-5-15/h2-12,14H,1H3. The summed E-state index contributed by atoms with van der Waals surface area (Å²) < 4.78 is 47.1. The number of thiophene rings is 1. The molecule has 0 fully saturated rings. The van der Waals surface area contributed by atoms with E-state index in [4.69, 9.17) is 16.3 Å². The monoisotopic (exact) mass is 506 g/mol. The van der Waals surface area contributed by atoms with E-state index in [-0.39, 0.29) is 14.9 Å². The Morgan fingerprint density at radius 3 is 2.31 bits per heavy atom. The van der Waals surface area contributed by atoms with Crippen LogP contribution in [-0.4, -0.2) is 24.9 Å². The van der Waals surface area contributed by atoms with Crippen LogP contribution in [0.4, 0.5) is 0 Å². The first-order valence-electron chi connectivity index (χ1n) is 8.81. The van der Waals surface area contributed by atoms with Crippen molar-refractivity contribution in [3.63, 3.8) is 0 Å². The van der Waals surface area contributed by atoms with E-state index in [1.165, 1.54) is 48.7 Å². The van der Waals surface area contributed by atoms with Gasteiger partial charge in [0.05, 0.1) is 21.5 Å². The zero-order chi connectivity index (χ0) is 23.4. The van der Waals surface area contributed by atoms with Gasteiger partial charge in [-0.1, -0.05) is 17.7 Å². The number of carbonyl (C=O) groups is 1. The van der Waals surface area contributed by atoms with Crippen LogP contribution in [0.15, 0.2) is 90.6 Å². The lowest BCUT2D eigenvalue weighted by molar-refractivity contribution is 0.0734. The Labute approximate surface area is 194 Å². The molecule has 0 saturated carbocycles. The minimum Gasteiger partial charge on any atom is -0.423 e. The van der Waals surface area contributed by atoms with Crippen molar-refractivity contribution in [2.45, 2.75) is 9.10 Å². The normalized spacial score (nSPS) is 13.6. The van der Waals surface area contributed by atoms with Crippen LogP contribution in [0.5, 0.6) is 5.75 Å². The fourth-order valence-electron chi connectivity index (χ4n) is 2.40. The second kappa shape index (κ2) is 9.67. The molecule has 7 nitrogen and oxygen atoms in total. The molecule has 1 unspecified atom stereocenters. The number of esters is 1. The number of nitrogens with zero attached hydrogens (tertiary/aromatic N) is 2. The zero-order valence-corrected chi connectivity index (χ0v) is 19.7. The van der Waals surface area contributed by atoms with Crippen LogP contribution in [0, 0.1) is 11.3 Å². The van der Waals surface area contributed by atoms with Crippen molar-refractivity contribution in [2.75, 3.05) is 6.26 Å². The van der Waals surface area contributed by atoms with Crippen molar-refractivity contribution in [2.24, 2.45) is 4.36 Å². The van der Waals surface area contributed by atoms with Crippen LogP contribution >= 0.6 is 22.9 Å². The van der Waals surface area contributed by atoms with E-state index in [2.05, 4.69) is 4.36 Å². The van der Waals surface area contributed by atoms with E-state index < -0.39 is 30.4 Å². The van der Waals surface area contributed by atoms with Crippen molar-refractivity contribution < 1.29 is 22.2 Å². The van der Waals surface area contributed by atoms with Gasteiger partial charge in [0, 0.05) is 16.2 Å². The van der Waals surface area contributed by atoms with E-state index in [1.807, 2.05) is 0 Å². The van der Waals surface area contributed by atoms with Gasteiger partial charge >= 0.3 is 5.97 Å². The molecule has 0 aliphatic heterocycles. The maximum absolute atomic E-state index is 13.0. The number of ether oxygens (including phenoxy) is 1. The van der Waals surface area contributed by atoms with Crippen LogP contribution in [0.25, 0.3) is 0 Å². The first-order chi connectivity index (χ1) is 15.1. The molecule has 11 heteroatoms. The molecule has 0 amide bonds. The Hall–Kier alpha value is -2.97. The lowest BCUT2D eigenvalue weighted by Gasteiger charge is -2.07. The fourth-order valence-corrected chi connectivity index (χ4v) is 5.84. The average molecular weight is 507 g/mol. The van der Waals surface area contributed by atoms with E-state index in [0.29, 0.717) is 10.6 Å². The van der Waals surface area contributed by atoms with E-state index in [0.717, 1.165) is 17.5 Å². The molecule has 32 heavy (non-hydrogen) atoms. The van der Waals surface area contributed by atoms with E-state index in [9.17, 15) is 22.7 Å². The first kappa shape index (κ1) is 23.7. The number of halogens is 1. The zero-order valence-electron chi connectivity index (χ0n) is 16.5. The molecule has 0 aliphatic carbocycles. The highest BCUT2D eigenvalue weighted by Gasteiger charge is 2.22. The van der Waals surface area contributed by atoms with Crippen molar-refractivity contribution >= 4 is 48.5 Å². The van der Waals surface area contributed by atoms with Gasteiger partial charge in [0.15, 0.2) is 4.91 Å². The molecule has 1 atom stereocenters. The van der Waals surface area contributed by atoms with Gasteiger partial charge in [0.1, 0.15) is 16.0 Å². The molecule has 0 radical (unpaired) electrons. The molecule has 0 N–H and O–H groups in total. The van der Waals surface area contributed by atoms with Crippen LogP contribution in [0.2, 0.25) is 5.02 Å². The molecule has 0 spiro atoms. The Bertz CT molecular complexity index is 1430. The highest BCUT2D eigenvalue weighted by atomic mass is 35.5. The summed E-state index contributed by atoms with van der Waals surface area (Å²) in [6, 6.07) is 16.5. The molecule has 3 rings (SSSR count). The highest BCUT2D eigenvalue weighted by Crippen LogP contribution is 2.24. The van der Waals surface area contributed by atoms with Crippen LogP contribution in [-0.2, 0) is 19.6 Å². The van der Waals surface area contributed by atoms with E-state index in [1.54, 1.807) is 29.6 Å². The maximum atomic E-state index is 13.0. The van der Waals surface area contributed by atoms with Gasteiger partial charge in [0.25, 0.3) is 0 Å². The third kappa shape index (κ3) is 5.44. The largest absolute Gasteiger partial charge is 0.423 e. The second-order valence-electron chi connectivity index (χ2n) is 6.32. The Balaban J connectivity index is 1.82. The number of hydrogen-bond donors (Lipinski definition) is 0. The smallest absolute Gasteiger partial charge is 0.343 e. The number of nitriles is 1. The third-order valence-electron chi connectivity index (χ3n) is 4.08. The number of hydrogen-bond acceptors (Lipinski definition) is 8. The Kier molecular flexibility index (Phi) is 7.16. The summed E-state index contributed by atoms with van der Waals surface area (Å²) in [5.74, 6) is -0.367. The van der Waals surface area contributed by atoms with Gasteiger partial charge in [-0.3, -0.25) is 0 Å². The number of carbonyl (C=O) groups excluding carboxylic acids is 1. The third-order valence-corrected chi connectivity index (χ3v) is 9.04. The van der Waals surface area contributed by atoms with E-state index >= 15 is 0 Å². The van der Waals surface area contributed by atoms with Crippen LogP contribution in [0.3, 0.4) is 0 Å². The lowest BCUT2D eigenvalue weighted by atomic mass is 10.2. The summed E-state index contributed by atoms with van der Waals surface area (Å²) in [4.78, 5) is 11.8. The van der Waals surface area contributed by atoms with Gasteiger partial charge < -0.3 is 4.74 Å². The molecule has 164 valence electrons. The topological polar surface area (TPSA) is 114 Å². The van der Waals surface area contributed by atoms with Crippen molar-refractivity contribution in [3.05, 3.63) is 87.7 Å². The summed E-state index contributed by atoms with van der Waals surface area (Å²) >= 11 is 6.77. The summed E-state index contributed by atoms with van der Waals surface area (Å²) in [6.45, 7) is 0. The molecular weight excluding hydrogens is 492 g/mol. The van der Waals surface area contributed by atoms with Crippen LogP contribution in [0.1, 0.15) is 10.4 Å². The highest BCUT2D eigenvalue weighted by molar-refractivity contribution is 7.97. The van der Waals surface area contributed by atoms with Gasteiger partial charge in [-0.15, -0.1) is 11.3 Å². The SMILES string of the molecule is CS(=O)(=NC=C(C#N)S(=O)(=O)c1cccs1)c1ccc(OC(=O)c2ccc(Cl)cc2)cc1. The van der Waals surface area contributed by atoms with Crippen molar-refractivity contribution in [1.82, 2.24) is 0 Å². The molecule has 1 aromatic heterocycles. The van der Waals surface area contributed by atoms with Gasteiger partial charge in [-0.25, -0.2) is 21.8 Å². The minimum atomic E-state index is -4.03. The maximum Gasteiger partial charge on any atom is 0.343 e. The van der Waals surface area contributed by atoms with Crippen LogP contribution < -0.4 is 4.74 Å². The second-order valence-corrected chi connectivity index (χ2v) is 12.1. The molecule has 0 saturated heterocycles. The number of benzene rings is 2. The predicted molar refractivity (Wildman–Crippen MR) is 123 cm³/mol. The Morgan fingerprint density at radius 2 is 1.75 bits per heavy atom. The molecule has 2 aromatic carbocycles. The summed E-state index contributed by atoms with van der Waals surface area (Å²) in [6.07, 6.45) is 2.12. The quantitative estimate of drug-likeness (QED) is 0.266. The first-order valence-corrected chi connectivity index (χ1v) is 13.5. The molecular formula is C21H15ClN2O5S3. The number of allylic oxidation sites excluding steroid dienone is 1. The minimum absolute atomic E-state index is 0.00467. The Morgan fingerprint density at radius 1 is 1.09 bits per heavy atom. The van der Waals surface area contributed by atoms with Gasteiger partial charge in [-0.2, -0.15) is 5.26 Å².